The van der Waals surface area contributed by atoms with Gasteiger partial charge in [-0.3, -0.25) is 9.59 Å². The van der Waals surface area contributed by atoms with E-state index in [1.165, 1.54) is 0 Å². The van der Waals surface area contributed by atoms with Gasteiger partial charge in [-0.2, -0.15) is 0 Å². The molecule has 4 N–H and O–H groups in total. The standard InChI is InChI=1S/C22H33N3O4/c1-15(2)13-18(24-22(28)29-14-16-9-5-3-6-10-16)21(27)25-19(20(23)26)17-11-7-4-8-12-17/h3,5-6,9-10,15,17-19H,4,7-8,11-14H2,1-2H3,(H2,23,26)(H,24,28)(H,25,27)/t18-,19+/m0/s1. The molecule has 1 fully saturated rings. The Morgan fingerprint density at radius 2 is 1.72 bits per heavy atom. The summed E-state index contributed by atoms with van der Waals surface area (Å²) in [6.45, 7) is 4.04. The Morgan fingerprint density at radius 3 is 2.31 bits per heavy atom. The largest absolute Gasteiger partial charge is 0.445 e. The fourth-order valence-electron chi connectivity index (χ4n) is 3.75. The summed E-state index contributed by atoms with van der Waals surface area (Å²) < 4.78 is 5.24. The number of amides is 3. The first-order valence-electron chi connectivity index (χ1n) is 10.4. The number of hydrogen-bond donors (Lipinski definition) is 3. The van der Waals surface area contributed by atoms with Crippen LogP contribution in [-0.4, -0.2) is 30.0 Å². The first kappa shape index (κ1) is 22.7. The Labute approximate surface area is 172 Å². The molecule has 2 atom stereocenters. The van der Waals surface area contributed by atoms with Crippen LogP contribution in [-0.2, 0) is 20.9 Å². The average molecular weight is 404 g/mol. The summed E-state index contributed by atoms with van der Waals surface area (Å²) in [6.07, 6.45) is 4.71. The lowest BCUT2D eigenvalue weighted by Gasteiger charge is -2.30. The van der Waals surface area contributed by atoms with E-state index >= 15 is 0 Å². The summed E-state index contributed by atoms with van der Waals surface area (Å²) >= 11 is 0. The quantitative estimate of drug-likeness (QED) is 0.589. The Morgan fingerprint density at radius 1 is 1.07 bits per heavy atom. The van der Waals surface area contributed by atoms with Gasteiger partial charge in [-0.1, -0.05) is 63.4 Å². The lowest BCUT2D eigenvalue weighted by Crippen LogP contribution is -2.55. The number of primary amides is 1. The number of nitrogens with one attached hydrogen (secondary N) is 2. The monoisotopic (exact) mass is 403 g/mol. The molecule has 1 saturated carbocycles. The lowest BCUT2D eigenvalue weighted by molar-refractivity contribution is -0.130. The van der Waals surface area contributed by atoms with Gasteiger partial charge in [0.2, 0.25) is 11.8 Å². The molecule has 0 aliphatic heterocycles. The van der Waals surface area contributed by atoms with Crippen LogP contribution in [0.25, 0.3) is 0 Å². The molecule has 7 heteroatoms. The first-order valence-corrected chi connectivity index (χ1v) is 10.4. The van der Waals surface area contributed by atoms with E-state index in [0.29, 0.717) is 6.42 Å². The molecule has 3 amide bonds. The maximum absolute atomic E-state index is 12.9. The number of ether oxygens (including phenoxy) is 1. The molecule has 7 nitrogen and oxygen atoms in total. The third-order valence-corrected chi connectivity index (χ3v) is 5.25. The molecule has 0 heterocycles. The maximum atomic E-state index is 12.9. The molecule has 1 aliphatic carbocycles. The van der Waals surface area contributed by atoms with Gasteiger partial charge in [0.1, 0.15) is 18.7 Å². The first-order chi connectivity index (χ1) is 13.9. The zero-order valence-electron chi connectivity index (χ0n) is 17.4. The Balaban J connectivity index is 1.96. The third kappa shape index (κ3) is 7.75. The second-order valence-electron chi connectivity index (χ2n) is 8.17. The van der Waals surface area contributed by atoms with Crippen LogP contribution in [0.2, 0.25) is 0 Å². The predicted molar refractivity (Wildman–Crippen MR) is 111 cm³/mol. The van der Waals surface area contributed by atoms with Crippen LogP contribution in [0.15, 0.2) is 30.3 Å². The smallest absolute Gasteiger partial charge is 0.408 e. The van der Waals surface area contributed by atoms with Crippen LogP contribution in [0.3, 0.4) is 0 Å². The topological polar surface area (TPSA) is 111 Å². The van der Waals surface area contributed by atoms with Crippen LogP contribution in [0.5, 0.6) is 0 Å². The van der Waals surface area contributed by atoms with Crippen molar-refractivity contribution in [1.29, 1.82) is 0 Å². The molecule has 0 saturated heterocycles. The van der Waals surface area contributed by atoms with E-state index in [4.69, 9.17) is 10.5 Å². The highest BCUT2D eigenvalue weighted by atomic mass is 16.5. The van der Waals surface area contributed by atoms with Crippen LogP contribution in [0, 0.1) is 11.8 Å². The molecule has 0 spiro atoms. The van der Waals surface area contributed by atoms with Crippen molar-refractivity contribution in [2.24, 2.45) is 17.6 Å². The van der Waals surface area contributed by atoms with E-state index < -0.39 is 30.0 Å². The second-order valence-corrected chi connectivity index (χ2v) is 8.17. The Hall–Kier alpha value is -2.57. The van der Waals surface area contributed by atoms with Crippen molar-refractivity contribution >= 4 is 17.9 Å². The summed E-state index contributed by atoms with van der Waals surface area (Å²) in [6, 6.07) is 7.82. The summed E-state index contributed by atoms with van der Waals surface area (Å²) in [5.74, 6) is -0.707. The minimum Gasteiger partial charge on any atom is -0.445 e. The maximum Gasteiger partial charge on any atom is 0.408 e. The lowest BCUT2D eigenvalue weighted by atomic mass is 9.83. The molecular weight excluding hydrogens is 370 g/mol. The van der Waals surface area contributed by atoms with E-state index in [2.05, 4.69) is 10.6 Å². The van der Waals surface area contributed by atoms with Crippen LogP contribution >= 0.6 is 0 Å². The van der Waals surface area contributed by atoms with Gasteiger partial charge in [-0.25, -0.2) is 4.79 Å². The van der Waals surface area contributed by atoms with E-state index in [9.17, 15) is 14.4 Å². The molecule has 1 aliphatic rings. The summed E-state index contributed by atoms with van der Waals surface area (Å²) in [5, 5.41) is 5.43. The zero-order chi connectivity index (χ0) is 21.2. The van der Waals surface area contributed by atoms with Gasteiger partial charge in [0, 0.05) is 0 Å². The minimum absolute atomic E-state index is 0.0509. The van der Waals surface area contributed by atoms with Gasteiger partial charge in [-0.15, -0.1) is 0 Å². The van der Waals surface area contributed by atoms with Gasteiger partial charge < -0.3 is 21.1 Å². The van der Waals surface area contributed by atoms with Gasteiger partial charge in [0.15, 0.2) is 0 Å². The van der Waals surface area contributed by atoms with Crippen molar-refractivity contribution in [2.75, 3.05) is 0 Å². The van der Waals surface area contributed by atoms with E-state index in [1.54, 1.807) is 0 Å². The van der Waals surface area contributed by atoms with Crippen LogP contribution in [0.4, 0.5) is 4.79 Å². The number of carbonyl (C=O) groups is 3. The zero-order valence-corrected chi connectivity index (χ0v) is 17.4. The van der Waals surface area contributed by atoms with Gasteiger partial charge in [0.25, 0.3) is 0 Å². The van der Waals surface area contributed by atoms with E-state index in [1.807, 2.05) is 44.2 Å². The fourth-order valence-corrected chi connectivity index (χ4v) is 3.75. The van der Waals surface area contributed by atoms with Crippen molar-refractivity contribution in [2.45, 2.75) is 71.1 Å². The SMILES string of the molecule is CC(C)C[C@H](NC(=O)OCc1ccccc1)C(=O)N[C@@H](C(N)=O)C1CCCCC1. The van der Waals surface area contributed by atoms with Crippen molar-refractivity contribution in [3.8, 4) is 0 Å². The number of alkyl carbamates (subject to hydrolysis) is 1. The number of benzene rings is 1. The number of rotatable bonds is 9. The van der Waals surface area contributed by atoms with Crippen LogP contribution in [0.1, 0.15) is 57.9 Å². The van der Waals surface area contributed by atoms with Crippen molar-refractivity contribution < 1.29 is 19.1 Å². The summed E-state index contributed by atoms with van der Waals surface area (Å²) in [7, 11) is 0. The van der Waals surface area contributed by atoms with Crippen LogP contribution < -0.4 is 16.4 Å². The minimum atomic E-state index is -0.788. The normalized spacial score (nSPS) is 16.7. The molecule has 0 aromatic heterocycles. The molecule has 1 aromatic carbocycles. The Bertz CT molecular complexity index is 672. The molecule has 160 valence electrons. The third-order valence-electron chi connectivity index (χ3n) is 5.25. The van der Waals surface area contributed by atoms with Crippen molar-refractivity contribution in [3.63, 3.8) is 0 Å². The number of hydrogen-bond acceptors (Lipinski definition) is 4. The molecule has 0 radical (unpaired) electrons. The van der Waals surface area contributed by atoms with E-state index in [-0.39, 0.29) is 18.4 Å². The molecule has 1 aromatic rings. The highest BCUT2D eigenvalue weighted by Crippen LogP contribution is 2.26. The summed E-state index contributed by atoms with van der Waals surface area (Å²) in [5.41, 5.74) is 6.42. The number of nitrogens with two attached hydrogens (primary N) is 1. The highest BCUT2D eigenvalue weighted by Gasteiger charge is 2.32. The molecule has 0 unspecified atom stereocenters. The second kappa shape index (κ2) is 11.4. The average Bonchev–Trinajstić information content (AvgIpc) is 2.70. The van der Waals surface area contributed by atoms with E-state index in [0.717, 1.165) is 37.7 Å². The summed E-state index contributed by atoms with van der Waals surface area (Å²) in [4.78, 5) is 37.0. The molecule has 29 heavy (non-hydrogen) atoms. The van der Waals surface area contributed by atoms with Gasteiger partial charge in [0.05, 0.1) is 0 Å². The molecule has 2 rings (SSSR count). The number of carbonyl (C=O) groups excluding carboxylic acids is 3. The molecular formula is C22H33N3O4. The Kier molecular flexibility index (Phi) is 8.96. The predicted octanol–water partition coefficient (Wildman–Crippen LogP) is 2.88. The molecule has 0 bridgehead atoms. The fraction of sp³-hybridized carbons (Fsp3) is 0.591. The van der Waals surface area contributed by atoms with Gasteiger partial charge in [-0.05, 0) is 36.7 Å². The van der Waals surface area contributed by atoms with Crippen molar-refractivity contribution in [1.82, 2.24) is 10.6 Å². The highest BCUT2D eigenvalue weighted by molar-refractivity contribution is 5.90. The van der Waals surface area contributed by atoms with Gasteiger partial charge >= 0.3 is 6.09 Å². The van der Waals surface area contributed by atoms with Crippen molar-refractivity contribution in [3.05, 3.63) is 35.9 Å².